The van der Waals surface area contributed by atoms with Crippen LogP contribution in [0.5, 0.6) is 11.5 Å². The van der Waals surface area contributed by atoms with E-state index in [-0.39, 0.29) is 24.2 Å². The molecule has 1 atom stereocenters. The van der Waals surface area contributed by atoms with E-state index in [0.717, 1.165) is 0 Å². The zero-order chi connectivity index (χ0) is 13.5. The van der Waals surface area contributed by atoms with Gasteiger partial charge in [0.1, 0.15) is 11.5 Å². The van der Waals surface area contributed by atoms with Gasteiger partial charge in [-0.1, -0.05) is 6.92 Å². The lowest BCUT2D eigenvalue weighted by atomic mass is 10.1. The second-order valence-corrected chi connectivity index (χ2v) is 4.15. The highest BCUT2D eigenvalue weighted by atomic mass is 35.5. The second-order valence-electron chi connectivity index (χ2n) is 4.15. The standard InChI is InChI=1S/C13H20N2O3.ClH/c1-9(7-14)8-15-13(16)10-4-11(17-2)6-12(5-10)18-3;/h4-6,9H,7-8,14H2,1-3H3,(H,15,16);1H. The number of amides is 1. The molecule has 19 heavy (non-hydrogen) atoms. The van der Waals surface area contributed by atoms with Crippen LogP contribution in [0.4, 0.5) is 0 Å². The summed E-state index contributed by atoms with van der Waals surface area (Å²) < 4.78 is 10.2. The molecule has 1 aromatic rings. The number of rotatable bonds is 6. The fourth-order valence-corrected chi connectivity index (χ4v) is 1.39. The minimum Gasteiger partial charge on any atom is -0.497 e. The average Bonchev–Trinajstić information content (AvgIpc) is 2.43. The normalized spacial score (nSPS) is 11.2. The third-order valence-electron chi connectivity index (χ3n) is 2.63. The summed E-state index contributed by atoms with van der Waals surface area (Å²) in [7, 11) is 3.10. The molecule has 0 aliphatic rings. The molecule has 0 saturated carbocycles. The van der Waals surface area contributed by atoms with Gasteiger partial charge in [-0.25, -0.2) is 0 Å². The van der Waals surface area contributed by atoms with Gasteiger partial charge in [0, 0.05) is 18.2 Å². The zero-order valence-corrected chi connectivity index (χ0v) is 12.3. The van der Waals surface area contributed by atoms with Crippen LogP contribution in [0, 0.1) is 5.92 Å². The molecule has 0 spiro atoms. The van der Waals surface area contributed by atoms with Crippen molar-refractivity contribution in [1.82, 2.24) is 5.32 Å². The van der Waals surface area contributed by atoms with E-state index in [1.54, 1.807) is 32.4 Å². The summed E-state index contributed by atoms with van der Waals surface area (Å²) >= 11 is 0. The van der Waals surface area contributed by atoms with Crippen molar-refractivity contribution in [3.8, 4) is 11.5 Å². The summed E-state index contributed by atoms with van der Waals surface area (Å²) in [4.78, 5) is 11.9. The van der Waals surface area contributed by atoms with Gasteiger partial charge in [0.2, 0.25) is 0 Å². The van der Waals surface area contributed by atoms with Gasteiger partial charge in [-0.05, 0) is 24.6 Å². The summed E-state index contributed by atoms with van der Waals surface area (Å²) in [5.74, 6) is 1.27. The maximum absolute atomic E-state index is 11.9. The molecule has 108 valence electrons. The number of carbonyl (C=O) groups excluding carboxylic acids is 1. The third kappa shape index (κ3) is 5.36. The maximum Gasteiger partial charge on any atom is 0.251 e. The van der Waals surface area contributed by atoms with E-state index < -0.39 is 0 Å². The molecule has 0 fully saturated rings. The molecule has 5 nitrogen and oxygen atoms in total. The van der Waals surface area contributed by atoms with Crippen molar-refractivity contribution < 1.29 is 14.3 Å². The van der Waals surface area contributed by atoms with Crippen LogP contribution in [0.3, 0.4) is 0 Å². The summed E-state index contributed by atoms with van der Waals surface area (Å²) in [6, 6.07) is 5.06. The van der Waals surface area contributed by atoms with Gasteiger partial charge >= 0.3 is 0 Å². The van der Waals surface area contributed by atoms with E-state index in [9.17, 15) is 4.79 Å². The molecule has 0 bridgehead atoms. The number of nitrogens with two attached hydrogens (primary N) is 1. The van der Waals surface area contributed by atoms with Gasteiger partial charge in [-0.3, -0.25) is 4.79 Å². The molecule has 0 aliphatic heterocycles. The summed E-state index contributed by atoms with van der Waals surface area (Å²) in [6.07, 6.45) is 0. The smallest absolute Gasteiger partial charge is 0.251 e. The average molecular weight is 289 g/mol. The van der Waals surface area contributed by atoms with Gasteiger partial charge in [0.25, 0.3) is 5.91 Å². The highest BCUT2D eigenvalue weighted by Gasteiger charge is 2.10. The SMILES string of the molecule is COc1cc(OC)cc(C(=O)NCC(C)CN)c1.Cl. The first-order valence-electron chi connectivity index (χ1n) is 5.82. The summed E-state index contributed by atoms with van der Waals surface area (Å²) in [5, 5.41) is 2.82. The Hall–Kier alpha value is -1.46. The molecule has 0 heterocycles. The first kappa shape index (κ1) is 17.5. The Bertz CT molecular complexity index is 391. The number of ether oxygens (including phenoxy) is 2. The van der Waals surface area contributed by atoms with E-state index in [0.29, 0.717) is 30.2 Å². The topological polar surface area (TPSA) is 73.6 Å². The van der Waals surface area contributed by atoms with Crippen LogP contribution in [0.25, 0.3) is 0 Å². The van der Waals surface area contributed by atoms with Crippen LogP contribution in [-0.2, 0) is 0 Å². The molecule has 0 aliphatic carbocycles. The van der Waals surface area contributed by atoms with Crippen molar-refractivity contribution in [2.75, 3.05) is 27.3 Å². The Balaban J connectivity index is 0.00000324. The lowest BCUT2D eigenvalue weighted by Gasteiger charge is -2.11. The first-order valence-corrected chi connectivity index (χ1v) is 5.82. The molecule has 0 radical (unpaired) electrons. The number of hydrogen-bond acceptors (Lipinski definition) is 4. The molecule has 3 N–H and O–H groups in total. The van der Waals surface area contributed by atoms with Crippen molar-refractivity contribution in [2.24, 2.45) is 11.7 Å². The van der Waals surface area contributed by atoms with Crippen LogP contribution in [0.15, 0.2) is 18.2 Å². The maximum atomic E-state index is 11.9. The van der Waals surface area contributed by atoms with E-state index in [2.05, 4.69) is 5.32 Å². The Labute approximate surface area is 119 Å². The zero-order valence-electron chi connectivity index (χ0n) is 11.4. The van der Waals surface area contributed by atoms with E-state index in [1.165, 1.54) is 0 Å². The van der Waals surface area contributed by atoms with E-state index in [1.807, 2.05) is 6.92 Å². The van der Waals surface area contributed by atoms with Crippen molar-refractivity contribution >= 4 is 18.3 Å². The lowest BCUT2D eigenvalue weighted by molar-refractivity contribution is 0.0948. The molecule has 1 amide bonds. The van der Waals surface area contributed by atoms with Crippen LogP contribution >= 0.6 is 12.4 Å². The fourth-order valence-electron chi connectivity index (χ4n) is 1.39. The second kappa shape index (κ2) is 8.61. The Morgan fingerprint density at radius 1 is 1.26 bits per heavy atom. The van der Waals surface area contributed by atoms with Gasteiger partial charge < -0.3 is 20.5 Å². The molecule has 0 aromatic heterocycles. The van der Waals surface area contributed by atoms with Crippen LogP contribution in [-0.4, -0.2) is 33.2 Å². The number of nitrogens with one attached hydrogen (secondary N) is 1. The van der Waals surface area contributed by atoms with Crippen LogP contribution in [0.2, 0.25) is 0 Å². The minimum atomic E-state index is -0.160. The van der Waals surface area contributed by atoms with Crippen molar-refractivity contribution in [1.29, 1.82) is 0 Å². The number of carbonyl (C=O) groups is 1. The van der Waals surface area contributed by atoms with Crippen LogP contribution < -0.4 is 20.5 Å². The fraction of sp³-hybridized carbons (Fsp3) is 0.462. The van der Waals surface area contributed by atoms with Crippen molar-refractivity contribution in [3.05, 3.63) is 23.8 Å². The predicted octanol–water partition coefficient (Wildman–Crippen LogP) is 1.45. The monoisotopic (exact) mass is 288 g/mol. The third-order valence-corrected chi connectivity index (χ3v) is 2.63. The molecule has 1 aromatic carbocycles. The Kier molecular flexibility index (Phi) is 7.95. The summed E-state index contributed by atoms with van der Waals surface area (Å²) in [6.45, 7) is 3.07. The van der Waals surface area contributed by atoms with E-state index >= 15 is 0 Å². The largest absolute Gasteiger partial charge is 0.497 e. The van der Waals surface area contributed by atoms with Crippen molar-refractivity contribution in [2.45, 2.75) is 6.92 Å². The molecular weight excluding hydrogens is 268 g/mol. The summed E-state index contributed by atoms with van der Waals surface area (Å²) in [5.41, 5.74) is 6.01. The number of hydrogen-bond donors (Lipinski definition) is 2. The Morgan fingerprint density at radius 2 is 1.79 bits per heavy atom. The molecule has 0 saturated heterocycles. The number of methoxy groups -OCH3 is 2. The van der Waals surface area contributed by atoms with Gasteiger partial charge in [0.05, 0.1) is 14.2 Å². The van der Waals surface area contributed by atoms with Gasteiger partial charge in [-0.2, -0.15) is 0 Å². The van der Waals surface area contributed by atoms with Gasteiger partial charge in [-0.15, -0.1) is 12.4 Å². The quantitative estimate of drug-likeness (QED) is 0.831. The highest BCUT2D eigenvalue weighted by molar-refractivity contribution is 5.95. The van der Waals surface area contributed by atoms with Crippen molar-refractivity contribution in [3.63, 3.8) is 0 Å². The minimum absolute atomic E-state index is 0. The Morgan fingerprint density at radius 3 is 2.21 bits per heavy atom. The lowest BCUT2D eigenvalue weighted by Crippen LogP contribution is -2.31. The number of benzene rings is 1. The van der Waals surface area contributed by atoms with E-state index in [4.69, 9.17) is 15.2 Å². The van der Waals surface area contributed by atoms with Crippen LogP contribution in [0.1, 0.15) is 17.3 Å². The predicted molar refractivity (Wildman–Crippen MR) is 77.3 cm³/mol. The molecule has 6 heteroatoms. The van der Waals surface area contributed by atoms with Gasteiger partial charge in [0.15, 0.2) is 0 Å². The molecular formula is C13H21ClN2O3. The highest BCUT2D eigenvalue weighted by Crippen LogP contribution is 2.22. The first-order chi connectivity index (χ1) is 8.60. The molecule has 1 rings (SSSR count). The molecule has 1 unspecified atom stereocenters. The number of halogens is 1.